The van der Waals surface area contributed by atoms with Crippen LogP contribution in [0.15, 0.2) is 18.2 Å². The van der Waals surface area contributed by atoms with Gasteiger partial charge in [-0.05, 0) is 24.6 Å². The molecule has 1 aromatic carbocycles. The number of amides is 2. The highest BCUT2D eigenvalue weighted by atomic mass is 35.5. The Balaban J connectivity index is 0.00000312. The number of carbonyl (C=O) groups excluding carboxylic acids is 2. The summed E-state index contributed by atoms with van der Waals surface area (Å²) in [6.07, 6.45) is 0.359. The molecule has 0 spiro atoms. The maximum Gasteiger partial charge on any atom is 0.229 e. The second-order valence-electron chi connectivity index (χ2n) is 7.21. The molecule has 1 fully saturated rings. The average molecular weight is 370 g/mol. The van der Waals surface area contributed by atoms with E-state index in [1.54, 1.807) is 6.07 Å². The van der Waals surface area contributed by atoms with Gasteiger partial charge < -0.3 is 20.7 Å². The van der Waals surface area contributed by atoms with Gasteiger partial charge in [0.15, 0.2) is 0 Å². The fourth-order valence-corrected chi connectivity index (χ4v) is 2.33. The summed E-state index contributed by atoms with van der Waals surface area (Å²) in [4.78, 5) is 24.3. The molecule has 0 aliphatic carbocycles. The molecule has 3 N–H and O–H groups in total. The fourth-order valence-electron chi connectivity index (χ4n) is 2.33. The molecule has 1 saturated heterocycles. The number of benzene rings is 1. The third-order valence-corrected chi connectivity index (χ3v) is 3.88. The van der Waals surface area contributed by atoms with Crippen molar-refractivity contribution in [2.24, 2.45) is 5.41 Å². The number of ether oxygens (including phenoxy) is 1. The minimum absolute atomic E-state index is 0. The highest BCUT2D eigenvalue weighted by Gasteiger charge is 2.22. The van der Waals surface area contributed by atoms with Gasteiger partial charge in [-0.15, -0.1) is 12.4 Å². The molecule has 1 aliphatic rings. The van der Waals surface area contributed by atoms with E-state index in [4.69, 9.17) is 4.74 Å². The summed E-state index contributed by atoms with van der Waals surface area (Å²) in [5.74, 6) is -0.132. The van der Waals surface area contributed by atoms with E-state index in [1.807, 2.05) is 39.8 Å². The van der Waals surface area contributed by atoms with Gasteiger partial charge >= 0.3 is 0 Å². The van der Waals surface area contributed by atoms with Gasteiger partial charge in [0.05, 0.1) is 13.2 Å². The Kier molecular flexibility index (Phi) is 7.86. The van der Waals surface area contributed by atoms with Crippen LogP contribution in [-0.4, -0.2) is 37.6 Å². The van der Waals surface area contributed by atoms with Crippen LogP contribution in [0, 0.1) is 12.3 Å². The zero-order chi connectivity index (χ0) is 17.7. The topological polar surface area (TPSA) is 79.5 Å². The lowest BCUT2D eigenvalue weighted by molar-refractivity contribution is -0.123. The third kappa shape index (κ3) is 6.65. The van der Waals surface area contributed by atoms with Crippen molar-refractivity contribution in [3.05, 3.63) is 23.8 Å². The van der Waals surface area contributed by atoms with Gasteiger partial charge in [0, 0.05) is 35.8 Å². The first-order valence-corrected chi connectivity index (χ1v) is 8.29. The summed E-state index contributed by atoms with van der Waals surface area (Å²) in [6.45, 7) is 9.52. The Bertz CT molecular complexity index is 608. The zero-order valence-electron chi connectivity index (χ0n) is 15.3. The van der Waals surface area contributed by atoms with Crippen LogP contribution in [0.3, 0.4) is 0 Å². The van der Waals surface area contributed by atoms with Crippen molar-refractivity contribution in [1.82, 2.24) is 5.32 Å². The lowest BCUT2D eigenvalue weighted by Gasteiger charge is -2.23. The van der Waals surface area contributed by atoms with E-state index in [9.17, 15) is 9.59 Å². The zero-order valence-corrected chi connectivity index (χ0v) is 16.1. The minimum Gasteiger partial charge on any atom is -0.378 e. The molecule has 1 heterocycles. The molecule has 1 aromatic rings. The second kappa shape index (κ2) is 9.17. The van der Waals surface area contributed by atoms with Gasteiger partial charge in [-0.3, -0.25) is 9.59 Å². The van der Waals surface area contributed by atoms with E-state index in [1.165, 1.54) is 0 Å². The molecule has 2 amide bonds. The molecule has 6 nitrogen and oxygen atoms in total. The minimum atomic E-state index is -0.474. The lowest BCUT2D eigenvalue weighted by atomic mass is 9.95. The van der Waals surface area contributed by atoms with Crippen LogP contribution < -0.4 is 16.0 Å². The first-order chi connectivity index (χ1) is 11.3. The number of aryl methyl sites for hydroxylation is 1. The van der Waals surface area contributed by atoms with Crippen molar-refractivity contribution in [3.63, 3.8) is 0 Å². The van der Waals surface area contributed by atoms with Crippen LogP contribution in [0.1, 0.15) is 32.8 Å². The Morgan fingerprint density at radius 3 is 2.60 bits per heavy atom. The van der Waals surface area contributed by atoms with Gasteiger partial charge in [0.1, 0.15) is 0 Å². The van der Waals surface area contributed by atoms with Crippen molar-refractivity contribution in [3.8, 4) is 0 Å². The number of hydrogen-bond acceptors (Lipinski definition) is 4. The maximum atomic E-state index is 12.2. The largest absolute Gasteiger partial charge is 0.378 e. The van der Waals surface area contributed by atoms with Gasteiger partial charge in [-0.25, -0.2) is 0 Å². The summed E-state index contributed by atoms with van der Waals surface area (Å²) >= 11 is 0. The maximum absolute atomic E-state index is 12.2. The molecule has 0 aromatic heterocycles. The summed E-state index contributed by atoms with van der Waals surface area (Å²) in [5, 5.41) is 9.06. The van der Waals surface area contributed by atoms with Crippen molar-refractivity contribution in [1.29, 1.82) is 0 Å². The average Bonchev–Trinajstić information content (AvgIpc) is 2.50. The predicted molar refractivity (Wildman–Crippen MR) is 102 cm³/mol. The van der Waals surface area contributed by atoms with Crippen molar-refractivity contribution >= 4 is 35.6 Å². The third-order valence-electron chi connectivity index (χ3n) is 3.88. The number of hydrogen-bond donors (Lipinski definition) is 3. The van der Waals surface area contributed by atoms with Crippen LogP contribution in [0.4, 0.5) is 11.4 Å². The molecule has 0 radical (unpaired) electrons. The van der Waals surface area contributed by atoms with Gasteiger partial charge in [-0.2, -0.15) is 0 Å². The van der Waals surface area contributed by atoms with E-state index in [2.05, 4.69) is 16.0 Å². The van der Waals surface area contributed by atoms with Crippen LogP contribution in [0.5, 0.6) is 0 Å². The quantitative estimate of drug-likeness (QED) is 0.762. The Morgan fingerprint density at radius 1 is 1.28 bits per heavy atom. The van der Waals surface area contributed by atoms with Crippen molar-refractivity contribution < 1.29 is 14.3 Å². The summed E-state index contributed by atoms with van der Waals surface area (Å²) in [6, 6.07) is 5.56. The number of anilines is 2. The Labute approximate surface area is 155 Å². The van der Waals surface area contributed by atoms with Gasteiger partial charge in [-0.1, -0.05) is 26.8 Å². The molecule has 1 unspecified atom stereocenters. The van der Waals surface area contributed by atoms with Gasteiger partial charge in [0.25, 0.3) is 0 Å². The summed E-state index contributed by atoms with van der Waals surface area (Å²) in [7, 11) is 0. The van der Waals surface area contributed by atoms with Crippen LogP contribution in [-0.2, 0) is 14.3 Å². The van der Waals surface area contributed by atoms with Gasteiger partial charge in [0.2, 0.25) is 11.8 Å². The molecule has 1 aliphatic heterocycles. The molecule has 25 heavy (non-hydrogen) atoms. The predicted octanol–water partition coefficient (Wildman–Crippen LogP) is 2.72. The molecule has 2 rings (SSSR count). The molecule has 1 atom stereocenters. The molecule has 0 bridgehead atoms. The highest BCUT2D eigenvalue weighted by molar-refractivity contribution is 5.97. The van der Waals surface area contributed by atoms with E-state index in [0.717, 1.165) is 12.1 Å². The van der Waals surface area contributed by atoms with Crippen molar-refractivity contribution in [2.45, 2.75) is 40.2 Å². The number of morpholine rings is 1. The first kappa shape index (κ1) is 21.4. The van der Waals surface area contributed by atoms with E-state index < -0.39 is 5.41 Å². The molecule has 0 saturated carbocycles. The number of halogens is 1. The Morgan fingerprint density at radius 2 is 2.00 bits per heavy atom. The lowest BCUT2D eigenvalue weighted by Crippen LogP contribution is -2.43. The monoisotopic (exact) mass is 369 g/mol. The molecular formula is C18H28ClN3O3. The Hall–Kier alpha value is -1.63. The van der Waals surface area contributed by atoms with E-state index in [-0.39, 0.29) is 30.3 Å². The molecule has 140 valence electrons. The second-order valence-corrected chi connectivity index (χ2v) is 7.21. The van der Waals surface area contributed by atoms with Crippen LogP contribution >= 0.6 is 12.4 Å². The molecule has 7 heteroatoms. The van der Waals surface area contributed by atoms with Crippen LogP contribution in [0.2, 0.25) is 0 Å². The van der Waals surface area contributed by atoms with E-state index in [0.29, 0.717) is 31.0 Å². The first-order valence-electron chi connectivity index (χ1n) is 8.29. The summed E-state index contributed by atoms with van der Waals surface area (Å²) in [5.41, 5.74) is 1.87. The fraction of sp³-hybridized carbons (Fsp3) is 0.556. The molecular weight excluding hydrogens is 342 g/mol. The number of carbonyl (C=O) groups is 2. The summed E-state index contributed by atoms with van der Waals surface area (Å²) < 4.78 is 5.35. The standard InChI is InChI=1S/C18H27N3O3.ClH/c1-12-5-6-13(9-15(12)21-17(23)18(2,3)4)20-16(22)10-14-11-24-8-7-19-14;/h5-6,9,14,19H,7-8,10-11H2,1-4H3,(H,20,22)(H,21,23);1H. The van der Waals surface area contributed by atoms with Crippen molar-refractivity contribution in [2.75, 3.05) is 30.4 Å². The smallest absolute Gasteiger partial charge is 0.229 e. The number of rotatable bonds is 4. The SMILES string of the molecule is Cc1ccc(NC(=O)CC2COCCN2)cc1NC(=O)C(C)(C)C.Cl. The highest BCUT2D eigenvalue weighted by Crippen LogP contribution is 2.23. The number of nitrogens with one attached hydrogen (secondary N) is 3. The van der Waals surface area contributed by atoms with E-state index >= 15 is 0 Å². The normalized spacial score (nSPS) is 17.4. The van der Waals surface area contributed by atoms with Crippen LogP contribution in [0.25, 0.3) is 0 Å².